The minimum atomic E-state index is -0.317. The minimum absolute atomic E-state index is 0.0605. The Morgan fingerprint density at radius 2 is 2.00 bits per heavy atom. The Morgan fingerprint density at radius 3 is 2.79 bits per heavy atom. The van der Waals surface area contributed by atoms with Crippen molar-refractivity contribution in [2.75, 3.05) is 24.5 Å². The van der Waals surface area contributed by atoms with Gasteiger partial charge in [0.1, 0.15) is 0 Å². The largest absolute Gasteiger partial charge is 0.368 e. The molecular weight excluding hydrogens is 322 g/mol. The lowest BCUT2D eigenvalue weighted by atomic mass is 10.0. The van der Waals surface area contributed by atoms with Gasteiger partial charge in [-0.15, -0.1) is 11.8 Å². The molecule has 2 aliphatic rings. The summed E-state index contributed by atoms with van der Waals surface area (Å²) < 4.78 is 0. The predicted molar refractivity (Wildman–Crippen MR) is 97.1 cm³/mol. The number of nitrogens with two attached hydrogens (primary N) is 1. The normalized spacial score (nSPS) is 25.0. The molecule has 0 spiro atoms. The van der Waals surface area contributed by atoms with Crippen LogP contribution in [0, 0.1) is 0 Å². The smallest absolute Gasteiger partial charge is 0.241 e. The van der Waals surface area contributed by atoms with Crippen molar-refractivity contribution >= 4 is 29.3 Å². The summed E-state index contributed by atoms with van der Waals surface area (Å²) in [6, 6.07) is 7.77. The van der Waals surface area contributed by atoms with E-state index in [-0.39, 0.29) is 24.4 Å². The van der Waals surface area contributed by atoms with Crippen LogP contribution in [0.3, 0.4) is 0 Å². The number of primary amides is 1. The predicted octanol–water partition coefficient (Wildman–Crippen LogP) is 2.24. The highest BCUT2D eigenvalue weighted by atomic mass is 32.2. The van der Waals surface area contributed by atoms with Crippen molar-refractivity contribution in [1.82, 2.24) is 4.90 Å². The zero-order valence-corrected chi connectivity index (χ0v) is 14.9. The number of amides is 2. The summed E-state index contributed by atoms with van der Waals surface area (Å²) in [5.74, 6) is -0.256. The highest BCUT2D eigenvalue weighted by Crippen LogP contribution is 2.37. The minimum Gasteiger partial charge on any atom is -0.368 e. The van der Waals surface area contributed by atoms with Crippen molar-refractivity contribution in [2.45, 2.75) is 48.8 Å². The molecule has 3 rings (SSSR count). The lowest BCUT2D eigenvalue weighted by Gasteiger charge is -2.34. The van der Waals surface area contributed by atoms with Gasteiger partial charge in [-0.3, -0.25) is 14.5 Å². The molecule has 2 aliphatic heterocycles. The molecule has 6 heteroatoms. The maximum Gasteiger partial charge on any atom is 0.241 e. The third kappa shape index (κ3) is 3.75. The van der Waals surface area contributed by atoms with Gasteiger partial charge in [-0.1, -0.05) is 25.5 Å². The highest BCUT2D eigenvalue weighted by molar-refractivity contribution is 8.00. The van der Waals surface area contributed by atoms with E-state index in [0.29, 0.717) is 5.25 Å². The quantitative estimate of drug-likeness (QED) is 0.911. The Bertz CT molecular complexity index is 622. The summed E-state index contributed by atoms with van der Waals surface area (Å²) >= 11 is 1.82. The SMILES string of the molecule is CC1CCN(C(=O)CN2CCCCC2C(N)=O)c2ccccc2S1. The molecule has 0 aromatic heterocycles. The van der Waals surface area contributed by atoms with Crippen LogP contribution in [-0.2, 0) is 9.59 Å². The van der Waals surface area contributed by atoms with Crippen molar-refractivity contribution < 1.29 is 9.59 Å². The summed E-state index contributed by atoms with van der Waals surface area (Å²) in [5.41, 5.74) is 6.51. The fourth-order valence-corrected chi connectivity index (χ4v) is 4.62. The molecule has 2 unspecified atom stereocenters. The number of anilines is 1. The number of para-hydroxylation sites is 1. The number of benzene rings is 1. The van der Waals surface area contributed by atoms with Crippen molar-refractivity contribution in [3.8, 4) is 0 Å². The van der Waals surface area contributed by atoms with E-state index in [1.54, 1.807) is 0 Å². The van der Waals surface area contributed by atoms with Gasteiger partial charge in [-0.2, -0.15) is 0 Å². The fraction of sp³-hybridized carbons (Fsp3) is 0.556. The third-order valence-electron chi connectivity index (χ3n) is 4.82. The second kappa shape index (κ2) is 7.57. The number of fused-ring (bicyclic) bond motifs is 1. The first-order valence-electron chi connectivity index (χ1n) is 8.65. The van der Waals surface area contributed by atoms with Crippen LogP contribution in [0.4, 0.5) is 5.69 Å². The molecule has 0 bridgehead atoms. The van der Waals surface area contributed by atoms with Gasteiger partial charge < -0.3 is 10.6 Å². The molecule has 1 saturated heterocycles. The van der Waals surface area contributed by atoms with Gasteiger partial charge in [0.15, 0.2) is 0 Å². The zero-order valence-electron chi connectivity index (χ0n) is 14.1. The van der Waals surface area contributed by atoms with Gasteiger partial charge in [0.2, 0.25) is 11.8 Å². The van der Waals surface area contributed by atoms with Gasteiger partial charge in [-0.05, 0) is 37.9 Å². The fourth-order valence-electron chi connectivity index (χ4n) is 3.51. The van der Waals surface area contributed by atoms with Crippen LogP contribution < -0.4 is 10.6 Å². The standard InChI is InChI=1S/C18H25N3O2S/c1-13-9-11-21(14-6-2-3-8-16(14)24-13)17(22)12-20-10-5-4-7-15(20)18(19)23/h2-3,6,8,13,15H,4-5,7,9-12H2,1H3,(H2,19,23). The average Bonchev–Trinajstić information content (AvgIpc) is 2.73. The van der Waals surface area contributed by atoms with Crippen LogP contribution in [0.2, 0.25) is 0 Å². The number of thioether (sulfide) groups is 1. The van der Waals surface area contributed by atoms with Gasteiger partial charge in [0, 0.05) is 16.7 Å². The molecule has 2 atom stereocenters. The number of carbonyl (C=O) groups excluding carboxylic acids is 2. The van der Waals surface area contributed by atoms with E-state index < -0.39 is 0 Å². The number of carbonyl (C=O) groups is 2. The number of hydrogen-bond acceptors (Lipinski definition) is 4. The Hall–Kier alpha value is -1.53. The maximum absolute atomic E-state index is 13.0. The van der Waals surface area contributed by atoms with Crippen LogP contribution in [0.25, 0.3) is 0 Å². The third-order valence-corrected chi connectivity index (χ3v) is 6.06. The molecule has 0 radical (unpaired) electrons. The van der Waals surface area contributed by atoms with Crippen LogP contribution in [-0.4, -0.2) is 47.6 Å². The lowest BCUT2D eigenvalue weighted by molar-refractivity contribution is -0.127. The lowest BCUT2D eigenvalue weighted by Crippen LogP contribution is -2.52. The van der Waals surface area contributed by atoms with Crippen molar-refractivity contribution in [3.05, 3.63) is 24.3 Å². The second-order valence-electron chi connectivity index (χ2n) is 6.61. The average molecular weight is 347 g/mol. The Balaban J connectivity index is 1.78. The molecule has 2 N–H and O–H groups in total. The van der Waals surface area contributed by atoms with E-state index in [2.05, 4.69) is 13.0 Å². The van der Waals surface area contributed by atoms with Crippen LogP contribution in [0.1, 0.15) is 32.6 Å². The number of hydrogen-bond donors (Lipinski definition) is 1. The molecule has 5 nitrogen and oxygen atoms in total. The molecule has 2 amide bonds. The van der Waals surface area contributed by atoms with Crippen LogP contribution >= 0.6 is 11.8 Å². The van der Waals surface area contributed by atoms with E-state index >= 15 is 0 Å². The number of rotatable bonds is 3. The second-order valence-corrected chi connectivity index (χ2v) is 8.09. The molecule has 1 aromatic rings. The molecule has 1 aromatic carbocycles. The summed E-state index contributed by atoms with van der Waals surface area (Å²) in [5, 5.41) is 0.484. The summed E-state index contributed by atoms with van der Waals surface area (Å²) in [4.78, 5) is 29.6. The van der Waals surface area contributed by atoms with Crippen molar-refractivity contribution in [1.29, 1.82) is 0 Å². The molecular formula is C18H25N3O2S. The molecule has 0 aliphatic carbocycles. The first kappa shape index (κ1) is 17.3. The maximum atomic E-state index is 13.0. The van der Waals surface area contributed by atoms with E-state index in [0.717, 1.165) is 49.4 Å². The van der Waals surface area contributed by atoms with Gasteiger partial charge >= 0.3 is 0 Å². The molecule has 2 heterocycles. The van der Waals surface area contributed by atoms with E-state index in [1.165, 1.54) is 0 Å². The van der Waals surface area contributed by atoms with E-state index in [9.17, 15) is 9.59 Å². The van der Waals surface area contributed by atoms with Crippen molar-refractivity contribution in [3.63, 3.8) is 0 Å². The number of piperidine rings is 1. The zero-order chi connectivity index (χ0) is 17.1. The first-order valence-corrected chi connectivity index (χ1v) is 9.53. The van der Waals surface area contributed by atoms with Gasteiger partial charge in [0.05, 0.1) is 18.3 Å². The number of nitrogens with zero attached hydrogens (tertiary/aromatic N) is 2. The molecule has 0 saturated carbocycles. The number of likely N-dealkylation sites (tertiary alicyclic amines) is 1. The summed E-state index contributed by atoms with van der Waals surface area (Å²) in [7, 11) is 0. The monoisotopic (exact) mass is 347 g/mol. The molecule has 24 heavy (non-hydrogen) atoms. The molecule has 1 fully saturated rings. The van der Waals surface area contributed by atoms with Crippen LogP contribution in [0.15, 0.2) is 29.2 Å². The van der Waals surface area contributed by atoms with Crippen molar-refractivity contribution in [2.24, 2.45) is 5.73 Å². The Morgan fingerprint density at radius 1 is 1.21 bits per heavy atom. The van der Waals surface area contributed by atoms with E-state index in [4.69, 9.17) is 5.73 Å². The summed E-state index contributed by atoms with van der Waals surface area (Å²) in [6.07, 6.45) is 3.73. The summed E-state index contributed by atoms with van der Waals surface area (Å²) in [6.45, 7) is 3.95. The first-order chi connectivity index (χ1) is 11.6. The Kier molecular flexibility index (Phi) is 5.46. The van der Waals surface area contributed by atoms with Gasteiger partial charge in [0.25, 0.3) is 0 Å². The van der Waals surface area contributed by atoms with Gasteiger partial charge in [-0.25, -0.2) is 0 Å². The topological polar surface area (TPSA) is 66.6 Å². The molecule has 130 valence electrons. The van der Waals surface area contributed by atoms with E-state index in [1.807, 2.05) is 39.8 Å². The Labute approximate surface area is 147 Å². The highest BCUT2D eigenvalue weighted by Gasteiger charge is 2.31. The van der Waals surface area contributed by atoms with Crippen LogP contribution in [0.5, 0.6) is 0 Å².